The molecule has 3 aliphatic rings. The van der Waals surface area contributed by atoms with Crippen LogP contribution in [-0.2, 0) is 25.8 Å². The zero-order valence-corrected chi connectivity index (χ0v) is 24.5. The van der Waals surface area contributed by atoms with Gasteiger partial charge in [0.2, 0.25) is 11.8 Å². The van der Waals surface area contributed by atoms with Crippen LogP contribution in [-0.4, -0.2) is 89.5 Å². The Hall–Kier alpha value is -3.18. The SMILES string of the molecule is C=CCCOC(=O)[C@@H]1[C@H]2C(=O)N([C@@H](CO)CC(C)C)C(C(=O)N(CC=C)Cn3nnc4ccccc43)C23CC[C@H]1S3. The van der Waals surface area contributed by atoms with Gasteiger partial charge in [-0.3, -0.25) is 14.4 Å². The number of hydrogen-bond donors (Lipinski definition) is 1. The van der Waals surface area contributed by atoms with Crippen LogP contribution in [0.3, 0.4) is 0 Å². The van der Waals surface area contributed by atoms with Crippen molar-refractivity contribution in [2.24, 2.45) is 17.8 Å². The Morgan fingerprint density at radius 2 is 2.07 bits per heavy atom. The average Bonchev–Trinajstić information content (AvgIpc) is 3.70. The van der Waals surface area contributed by atoms with Crippen molar-refractivity contribution < 1.29 is 24.2 Å². The number of benzene rings is 1. The molecule has 10 nitrogen and oxygen atoms in total. The van der Waals surface area contributed by atoms with E-state index in [1.54, 1.807) is 38.4 Å². The molecular weight excluding hydrogens is 542 g/mol. The summed E-state index contributed by atoms with van der Waals surface area (Å²) >= 11 is 1.59. The Morgan fingerprint density at radius 1 is 1.29 bits per heavy atom. The van der Waals surface area contributed by atoms with Crippen LogP contribution in [0.5, 0.6) is 0 Å². The molecule has 1 N–H and O–H groups in total. The van der Waals surface area contributed by atoms with Crippen LogP contribution >= 0.6 is 11.8 Å². The van der Waals surface area contributed by atoms with Crippen LogP contribution in [0.25, 0.3) is 11.0 Å². The van der Waals surface area contributed by atoms with Crippen LogP contribution in [0.15, 0.2) is 49.6 Å². The molecule has 1 aromatic heterocycles. The predicted molar refractivity (Wildman–Crippen MR) is 156 cm³/mol. The number of carbonyl (C=O) groups excluding carboxylic acids is 3. The Balaban J connectivity index is 1.53. The predicted octanol–water partition coefficient (Wildman–Crippen LogP) is 3.02. The molecule has 41 heavy (non-hydrogen) atoms. The second-order valence-electron chi connectivity index (χ2n) is 11.6. The minimum Gasteiger partial charge on any atom is -0.465 e. The van der Waals surface area contributed by atoms with Gasteiger partial charge in [-0.2, -0.15) is 0 Å². The largest absolute Gasteiger partial charge is 0.465 e. The average molecular weight is 582 g/mol. The van der Waals surface area contributed by atoms with Crippen molar-refractivity contribution in [3.8, 4) is 0 Å². The molecule has 3 saturated heterocycles. The lowest BCUT2D eigenvalue weighted by Gasteiger charge is -2.40. The second-order valence-corrected chi connectivity index (χ2v) is 13.2. The summed E-state index contributed by atoms with van der Waals surface area (Å²) in [5, 5.41) is 18.9. The molecule has 2 unspecified atom stereocenters. The van der Waals surface area contributed by atoms with E-state index in [1.807, 2.05) is 38.1 Å². The summed E-state index contributed by atoms with van der Waals surface area (Å²) < 4.78 is 6.47. The molecule has 220 valence electrons. The van der Waals surface area contributed by atoms with Gasteiger partial charge in [0, 0.05) is 11.8 Å². The molecule has 3 fully saturated rings. The number of para-hydroxylation sites is 1. The first-order valence-corrected chi connectivity index (χ1v) is 15.2. The smallest absolute Gasteiger partial charge is 0.310 e. The fourth-order valence-electron chi connectivity index (χ4n) is 6.92. The molecule has 1 spiro atoms. The monoisotopic (exact) mass is 581 g/mol. The molecule has 6 atom stereocenters. The minimum atomic E-state index is -0.841. The normalized spacial score (nSPS) is 27.3. The number of thioether (sulfide) groups is 1. The Bertz CT molecular complexity index is 1330. The molecule has 2 bridgehead atoms. The highest BCUT2D eigenvalue weighted by Crippen LogP contribution is 2.67. The maximum Gasteiger partial charge on any atom is 0.310 e. The van der Waals surface area contributed by atoms with Crippen molar-refractivity contribution in [3.05, 3.63) is 49.6 Å². The van der Waals surface area contributed by atoms with E-state index >= 15 is 0 Å². The highest BCUT2D eigenvalue weighted by Gasteiger charge is 2.74. The van der Waals surface area contributed by atoms with Crippen molar-refractivity contribution >= 4 is 40.6 Å². The number of hydrogen-bond acceptors (Lipinski definition) is 8. The van der Waals surface area contributed by atoms with Crippen LogP contribution in [0.2, 0.25) is 0 Å². The van der Waals surface area contributed by atoms with Gasteiger partial charge in [-0.05, 0) is 43.7 Å². The summed E-state index contributed by atoms with van der Waals surface area (Å²) in [6.45, 7) is 11.9. The number of carbonyl (C=O) groups is 3. The Labute approximate surface area is 244 Å². The molecule has 0 radical (unpaired) electrons. The number of fused-ring (bicyclic) bond motifs is 2. The van der Waals surface area contributed by atoms with E-state index in [1.165, 1.54) is 0 Å². The lowest BCUT2D eigenvalue weighted by Crippen LogP contribution is -2.57. The number of esters is 1. The molecular formula is C30H39N5O5S. The van der Waals surface area contributed by atoms with Gasteiger partial charge in [0.25, 0.3) is 0 Å². The van der Waals surface area contributed by atoms with Crippen molar-refractivity contribution in [1.29, 1.82) is 0 Å². The fraction of sp³-hybridized carbons (Fsp3) is 0.567. The van der Waals surface area contributed by atoms with Gasteiger partial charge in [0.05, 0.1) is 41.4 Å². The second kappa shape index (κ2) is 12.0. The van der Waals surface area contributed by atoms with E-state index < -0.39 is 34.6 Å². The molecule has 0 aliphatic carbocycles. The van der Waals surface area contributed by atoms with E-state index in [-0.39, 0.29) is 49.4 Å². The van der Waals surface area contributed by atoms with Gasteiger partial charge in [0.1, 0.15) is 18.2 Å². The van der Waals surface area contributed by atoms with Gasteiger partial charge >= 0.3 is 5.97 Å². The molecule has 4 heterocycles. The molecule has 11 heteroatoms. The van der Waals surface area contributed by atoms with Crippen LogP contribution in [0.1, 0.15) is 39.5 Å². The number of aliphatic hydroxyl groups is 1. The number of aromatic nitrogens is 3. The first-order chi connectivity index (χ1) is 19.8. The molecule has 2 aromatic rings. The van der Waals surface area contributed by atoms with Crippen molar-refractivity contribution in [3.63, 3.8) is 0 Å². The molecule has 5 rings (SSSR count). The third-order valence-electron chi connectivity index (χ3n) is 8.54. The van der Waals surface area contributed by atoms with Crippen LogP contribution < -0.4 is 0 Å². The number of likely N-dealkylation sites (tertiary alicyclic amines) is 1. The third kappa shape index (κ3) is 5.07. The summed E-state index contributed by atoms with van der Waals surface area (Å²) in [7, 11) is 0. The number of nitrogens with zero attached hydrogens (tertiary/aromatic N) is 5. The highest BCUT2D eigenvalue weighted by atomic mass is 32.2. The standard InChI is InChI=1S/C30H39N5O5S/c1-5-7-15-40-29(39)24-23-12-13-30(41-23)25(24)27(37)35(20(17-36)16-19(3)4)26(30)28(38)33(14-6-2)18-34-22-11-9-8-10-21(22)31-32-34/h5-6,8-11,19-20,23-26,36H,1-2,7,12-18H2,3-4H3/t20-,23-,24+,25+,26?,30?/m1/s1. The van der Waals surface area contributed by atoms with Crippen molar-refractivity contribution in [2.45, 2.75) is 68.3 Å². The molecule has 1 aromatic carbocycles. The molecule has 2 amide bonds. The topological polar surface area (TPSA) is 118 Å². The zero-order chi connectivity index (χ0) is 29.3. The number of aliphatic hydroxyl groups excluding tert-OH is 1. The number of ether oxygens (including phenoxy) is 1. The van der Waals surface area contributed by atoms with Crippen LogP contribution in [0.4, 0.5) is 0 Å². The first kappa shape index (κ1) is 29.3. The number of amides is 2. The number of rotatable bonds is 13. The van der Waals surface area contributed by atoms with E-state index in [9.17, 15) is 19.5 Å². The van der Waals surface area contributed by atoms with E-state index in [0.717, 1.165) is 17.5 Å². The zero-order valence-electron chi connectivity index (χ0n) is 23.7. The van der Waals surface area contributed by atoms with Gasteiger partial charge in [0.15, 0.2) is 0 Å². The van der Waals surface area contributed by atoms with Gasteiger partial charge in [-0.25, -0.2) is 4.68 Å². The third-order valence-corrected chi connectivity index (χ3v) is 10.5. The maximum atomic E-state index is 14.7. The van der Waals surface area contributed by atoms with Crippen molar-refractivity contribution in [2.75, 3.05) is 19.8 Å². The summed E-state index contributed by atoms with van der Waals surface area (Å²) in [5.74, 6) is -2.00. The first-order valence-electron chi connectivity index (χ1n) is 14.3. The van der Waals surface area contributed by atoms with Crippen molar-refractivity contribution in [1.82, 2.24) is 24.8 Å². The summed E-state index contributed by atoms with van der Waals surface area (Å²) in [5.41, 5.74) is 1.51. The van der Waals surface area contributed by atoms with E-state index in [0.29, 0.717) is 19.3 Å². The molecule has 0 saturated carbocycles. The Morgan fingerprint density at radius 3 is 2.78 bits per heavy atom. The van der Waals surface area contributed by atoms with E-state index in [2.05, 4.69) is 23.5 Å². The molecule has 3 aliphatic heterocycles. The van der Waals surface area contributed by atoms with E-state index in [4.69, 9.17) is 4.74 Å². The highest BCUT2D eigenvalue weighted by molar-refractivity contribution is 8.02. The van der Waals surface area contributed by atoms with Gasteiger partial charge < -0.3 is 19.6 Å². The fourth-order valence-corrected chi connectivity index (χ4v) is 9.11. The Kier molecular flexibility index (Phi) is 8.56. The summed E-state index contributed by atoms with van der Waals surface area (Å²) in [6.07, 6.45) is 5.76. The maximum absolute atomic E-state index is 14.7. The quantitative estimate of drug-likeness (QED) is 0.218. The van der Waals surface area contributed by atoms with Crippen LogP contribution in [0, 0.1) is 17.8 Å². The summed E-state index contributed by atoms with van der Waals surface area (Å²) in [4.78, 5) is 45.6. The minimum absolute atomic E-state index is 0.0950. The lowest BCUT2D eigenvalue weighted by atomic mass is 9.71. The van der Waals surface area contributed by atoms with Gasteiger partial charge in [-0.15, -0.1) is 30.0 Å². The summed E-state index contributed by atoms with van der Waals surface area (Å²) in [6, 6.07) is 6.14. The lowest BCUT2D eigenvalue weighted by molar-refractivity contribution is -0.154. The van der Waals surface area contributed by atoms with Gasteiger partial charge in [-0.1, -0.05) is 43.3 Å².